The van der Waals surface area contributed by atoms with Crippen LogP contribution in [0.15, 0.2) is 0 Å². The molecule has 3 nitrogen and oxygen atoms in total. The Labute approximate surface area is 107 Å². The van der Waals surface area contributed by atoms with Gasteiger partial charge in [0.1, 0.15) is 0 Å². The molecule has 2 saturated heterocycles. The summed E-state index contributed by atoms with van der Waals surface area (Å²) in [6.45, 7) is 15.3. The third-order valence-corrected chi connectivity index (χ3v) is 3.79. The maximum absolute atomic E-state index is 5.40. The van der Waals surface area contributed by atoms with Crippen LogP contribution in [0.4, 0.5) is 0 Å². The summed E-state index contributed by atoms with van der Waals surface area (Å²) < 4.78 is 5.40. The van der Waals surface area contributed by atoms with Gasteiger partial charge in [0.05, 0.1) is 13.2 Å². The van der Waals surface area contributed by atoms with E-state index in [1.165, 1.54) is 25.9 Å². The van der Waals surface area contributed by atoms with Gasteiger partial charge in [0.2, 0.25) is 0 Å². The van der Waals surface area contributed by atoms with E-state index in [0.717, 1.165) is 38.4 Å². The molecular weight excluding hydrogens is 212 g/mol. The fourth-order valence-electron chi connectivity index (χ4n) is 2.71. The first-order chi connectivity index (χ1) is 8.27. The van der Waals surface area contributed by atoms with E-state index < -0.39 is 0 Å². The minimum Gasteiger partial charge on any atom is -0.379 e. The Balaban J connectivity index is 0.000000686. The van der Waals surface area contributed by atoms with Gasteiger partial charge in [0.15, 0.2) is 0 Å². The van der Waals surface area contributed by atoms with Crippen molar-refractivity contribution >= 4 is 0 Å². The van der Waals surface area contributed by atoms with Crippen LogP contribution in [0.3, 0.4) is 0 Å². The second kappa shape index (κ2) is 8.06. The van der Waals surface area contributed by atoms with Crippen LogP contribution in [0.1, 0.15) is 40.5 Å². The highest BCUT2D eigenvalue weighted by Crippen LogP contribution is 2.18. The van der Waals surface area contributed by atoms with Crippen molar-refractivity contribution in [3.8, 4) is 0 Å². The lowest BCUT2D eigenvalue weighted by atomic mass is 10.0. The molecule has 2 aliphatic rings. The molecule has 0 unspecified atom stereocenters. The van der Waals surface area contributed by atoms with Crippen molar-refractivity contribution in [2.24, 2.45) is 0 Å². The number of ether oxygens (including phenoxy) is 1. The molecule has 102 valence electrons. The fourth-order valence-corrected chi connectivity index (χ4v) is 2.71. The number of hydrogen-bond acceptors (Lipinski definition) is 3. The summed E-state index contributed by atoms with van der Waals surface area (Å²) in [5.41, 5.74) is 0. The number of rotatable bonds is 2. The summed E-state index contributed by atoms with van der Waals surface area (Å²) in [5.74, 6) is 0. The summed E-state index contributed by atoms with van der Waals surface area (Å²) in [6, 6.07) is 1.54. The molecule has 0 atom stereocenters. The van der Waals surface area contributed by atoms with E-state index in [9.17, 15) is 0 Å². The molecule has 2 heterocycles. The van der Waals surface area contributed by atoms with Crippen LogP contribution < -0.4 is 0 Å². The molecule has 0 aromatic heterocycles. The van der Waals surface area contributed by atoms with Crippen molar-refractivity contribution in [2.75, 3.05) is 39.4 Å². The van der Waals surface area contributed by atoms with Crippen molar-refractivity contribution in [3.05, 3.63) is 0 Å². The Morgan fingerprint density at radius 3 is 1.94 bits per heavy atom. The quantitative estimate of drug-likeness (QED) is 0.738. The van der Waals surface area contributed by atoms with E-state index >= 15 is 0 Å². The van der Waals surface area contributed by atoms with Gasteiger partial charge in [-0.15, -0.1) is 0 Å². The monoisotopic (exact) mass is 242 g/mol. The summed E-state index contributed by atoms with van der Waals surface area (Å²) in [7, 11) is 0. The predicted molar refractivity (Wildman–Crippen MR) is 73.5 cm³/mol. The zero-order valence-corrected chi connectivity index (χ0v) is 12.1. The maximum Gasteiger partial charge on any atom is 0.0594 e. The first kappa shape index (κ1) is 14.9. The molecule has 0 amide bonds. The van der Waals surface area contributed by atoms with E-state index in [2.05, 4.69) is 23.6 Å². The molecule has 3 heteroatoms. The minimum absolute atomic E-state index is 0.718. The van der Waals surface area contributed by atoms with Gasteiger partial charge < -0.3 is 9.64 Å². The summed E-state index contributed by atoms with van der Waals surface area (Å²) >= 11 is 0. The Bertz CT molecular complexity index is 183. The topological polar surface area (TPSA) is 15.7 Å². The van der Waals surface area contributed by atoms with Gasteiger partial charge in [-0.2, -0.15) is 0 Å². The Morgan fingerprint density at radius 2 is 1.47 bits per heavy atom. The summed E-state index contributed by atoms with van der Waals surface area (Å²) in [4.78, 5) is 5.22. The zero-order chi connectivity index (χ0) is 12.7. The van der Waals surface area contributed by atoms with E-state index in [1.54, 1.807) is 0 Å². The van der Waals surface area contributed by atoms with Crippen molar-refractivity contribution in [1.29, 1.82) is 0 Å². The van der Waals surface area contributed by atoms with Crippen LogP contribution in [-0.2, 0) is 4.74 Å². The minimum atomic E-state index is 0.718. The molecular formula is C14H30N2O. The molecule has 0 aliphatic carbocycles. The summed E-state index contributed by atoms with van der Waals surface area (Å²) in [6.07, 6.45) is 2.69. The lowest BCUT2D eigenvalue weighted by Crippen LogP contribution is -2.50. The van der Waals surface area contributed by atoms with Gasteiger partial charge in [-0.05, 0) is 39.8 Å². The first-order valence-corrected chi connectivity index (χ1v) is 7.33. The van der Waals surface area contributed by atoms with Crippen molar-refractivity contribution in [2.45, 2.75) is 52.6 Å². The van der Waals surface area contributed by atoms with E-state index in [-0.39, 0.29) is 0 Å². The molecule has 2 aliphatic heterocycles. The van der Waals surface area contributed by atoms with Crippen LogP contribution in [-0.4, -0.2) is 61.3 Å². The standard InChI is InChI=1S/C12H24N2O.C2H6/c1-11(2)13-5-3-12(4-6-13)14-7-9-15-10-8-14;1-2/h11-12H,3-10H2,1-2H3;1-2H3. The van der Waals surface area contributed by atoms with Gasteiger partial charge >= 0.3 is 0 Å². The lowest BCUT2D eigenvalue weighted by molar-refractivity contribution is -0.00175. The molecule has 2 rings (SSSR count). The maximum atomic E-state index is 5.40. The molecule has 0 saturated carbocycles. The molecule has 0 aromatic rings. The molecule has 0 aromatic carbocycles. The first-order valence-electron chi connectivity index (χ1n) is 7.33. The Kier molecular flexibility index (Phi) is 7.09. The number of morpholine rings is 1. The third-order valence-electron chi connectivity index (χ3n) is 3.79. The molecule has 17 heavy (non-hydrogen) atoms. The van der Waals surface area contributed by atoms with Crippen LogP contribution >= 0.6 is 0 Å². The second-order valence-corrected chi connectivity index (χ2v) is 5.01. The van der Waals surface area contributed by atoms with Gasteiger partial charge in [-0.1, -0.05) is 13.8 Å². The Morgan fingerprint density at radius 1 is 0.941 bits per heavy atom. The molecule has 0 radical (unpaired) electrons. The fraction of sp³-hybridized carbons (Fsp3) is 1.00. The molecule has 0 N–H and O–H groups in total. The normalized spacial score (nSPS) is 24.5. The van der Waals surface area contributed by atoms with E-state index in [4.69, 9.17) is 4.74 Å². The molecule has 0 spiro atoms. The van der Waals surface area contributed by atoms with E-state index in [0.29, 0.717) is 0 Å². The van der Waals surface area contributed by atoms with Gasteiger partial charge in [-0.3, -0.25) is 4.90 Å². The highest BCUT2D eigenvalue weighted by atomic mass is 16.5. The number of nitrogens with zero attached hydrogens (tertiary/aromatic N) is 2. The highest BCUT2D eigenvalue weighted by molar-refractivity contribution is 4.81. The Hall–Kier alpha value is -0.120. The average Bonchev–Trinajstić information content (AvgIpc) is 2.42. The molecule has 2 fully saturated rings. The van der Waals surface area contributed by atoms with Crippen LogP contribution in [0.2, 0.25) is 0 Å². The number of likely N-dealkylation sites (tertiary alicyclic amines) is 1. The summed E-state index contributed by atoms with van der Waals surface area (Å²) in [5, 5.41) is 0. The zero-order valence-electron chi connectivity index (χ0n) is 12.1. The highest BCUT2D eigenvalue weighted by Gasteiger charge is 2.26. The van der Waals surface area contributed by atoms with Crippen LogP contribution in [0.5, 0.6) is 0 Å². The van der Waals surface area contributed by atoms with Crippen molar-refractivity contribution in [1.82, 2.24) is 9.80 Å². The average molecular weight is 242 g/mol. The number of piperidine rings is 1. The molecule has 0 bridgehead atoms. The predicted octanol–water partition coefficient (Wildman–Crippen LogP) is 2.22. The largest absolute Gasteiger partial charge is 0.379 e. The number of hydrogen-bond donors (Lipinski definition) is 0. The third kappa shape index (κ3) is 4.57. The van der Waals surface area contributed by atoms with E-state index in [1.807, 2.05) is 13.8 Å². The van der Waals surface area contributed by atoms with Gasteiger partial charge in [0, 0.05) is 25.2 Å². The van der Waals surface area contributed by atoms with Crippen LogP contribution in [0.25, 0.3) is 0 Å². The van der Waals surface area contributed by atoms with Crippen molar-refractivity contribution < 1.29 is 4.74 Å². The van der Waals surface area contributed by atoms with Crippen molar-refractivity contribution in [3.63, 3.8) is 0 Å². The van der Waals surface area contributed by atoms with Gasteiger partial charge in [-0.25, -0.2) is 0 Å². The smallest absolute Gasteiger partial charge is 0.0594 e. The van der Waals surface area contributed by atoms with Crippen LogP contribution in [0, 0.1) is 0 Å². The second-order valence-electron chi connectivity index (χ2n) is 5.01. The van der Waals surface area contributed by atoms with Gasteiger partial charge in [0.25, 0.3) is 0 Å². The lowest BCUT2D eigenvalue weighted by Gasteiger charge is -2.41. The SMILES string of the molecule is CC.CC(C)N1CCC(N2CCOCC2)CC1.